The lowest BCUT2D eigenvalue weighted by Gasteiger charge is -2.48. The summed E-state index contributed by atoms with van der Waals surface area (Å²) in [7, 11) is 0. The third kappa shape index (κ3) is 4.55. The molecule has 118 valence electrons. The molecular weight excluding hydrogens is 296 g/mol. The van der Waals surface area contributed by atoms with Crippen molar-refractivity contribution in [2.24, 2.45) is 0 Å². The molecule has 0 radical (unpaired) electrons. The third-order valence-corrected chi connectivity index (χ3v) is 4.21. The van der Waals surface area contributed by atoms with E-state index in [9.17, 15) is 5.21 Å². The topological polar surface area (TPSA) is 26.3 Å². The SMILES string of the molecule is Cl.[O-][N+]1(Cc2ccccc2)CCN(Cc2ccccc2)CC1. The minimum Gasteiger partial charge on any atom is -0.632 e. The van der Waals surface area contributed by atoms with Crippen molar-refractivity contribution >= 4 is 12.4 Å². The highest BCUT2D eigenvalue weighted by Gasteiger charge is 2.25. The second kappa shape index (κ2) is 7.75. The van der Waals surface area contributed by atoms with Gasteiger partial charge in [-0.05, 0) is 5.56 Å². The van der Waals surface area contributed by atoms with Gasteiger partial charge in [0.15, 0.2) is 0 Å². The molecule has 0 unspecified atom stereocenters. The largest absolute Gasteiger partial charge is 0.632 e. The third-order valence-electron chi connectivity index (χ3n) is 4.21. The quantitative estimate of drug-likeness (QED) is 0.637. The fraction of sp³-hybridized carbons (Fsp3) is 0.333. The minimum atomic E-state index is -0.0880. The predicted octanol–water partition coefficient (Wildman–Crippen LogP) is 3.44. The van der Waals surface area contributed by atoms with Crippen molar-refractivity contribution < 1.29 is 4.65 Å². The van der Waals surface area contributed by atoms with Crippen LogP contribution in [0.3, 0.4) is 0 Å². The molecule has 3 nitrogen and oxygen atoms in total. The van der Waals surface area contributed by atoms with Gasteiger partial charge in [0.25, 0.3) is 0 Å². The van der Waals surface area contributed by atoms with E-state index in [1.807, 2.05) is 36.4 Å². The predicted molar refractivity (Wildman–Crippen MR) is 92.5 cm³/mol. The van der Waals surface area contributed by atoms with Gasteiger partial charge >= 0.3 is 0 Å². The van der Waals surface area contributed by atoms with Gasteiger partial charge in [-0.1, -0.05) is 60.7 Å². The van der Waals surface area contributed by atoms with Crippen LogP contribution >= 0.6 is 12.4 Å². The van der Waals surface area contributed by atoms with Crippen LogP contribution in [0.4, 0.5) is 0 Å². The van der Waals surface area contributed by atoms with E-state index >= 15 is 0 Å². The van der Waals surface area contributed by atoms with Gasteiger partial charge in [0.1, 0.15) is 6.54 Å². The summed E-state index contributed by atoms with van der Waals surface area (Å²) in [5, 5.41) is 12.8. The number of rotatable bonds is 4. The van der Waals surface area contributed by atoms with E-state index in [1.165, 1.54) is 5.56 Å². The molecule has 1 heterocycles. The fourth-order valence-electron chi connectivity index (χ4n) is 2.94. The Bertz CT molecular complexity index is 554. The highest BCUT2D eigenvalue weighted by atomic mass is 35.5. The summed E-state index contributed by atoms with van der Waals surface area (Å²) < 4.78 is -0.0880. The van der Waals surface area contributed by atoms with E-state index in [2.05, 4.69) is 29.2 Å². The number of hydrogen-bond donors (Lipinski definition) is 0. The van der Waals surface area contributed by atoms with Crippen molar-refractivity contribution in [1.29, 1.82) is 0 Å². The first kappa shape index (κ1) is 17.0. The summed E-state index contributed by atoms with van der Waals surface area (Å²) in [6, 6.07) is 20.6. The summed E-state index contributed by atoms with van der Waals surface area (Å²) in [5.74, 6) is 0. The van der Waals surface area contributed by atoms with Gasteiger partial charge in [-0.3, -0.25) is 4.90 Å². The molecule has 22 heavy (non-hydrogen) atoms. The maximum atomic E-state index is 12.8. The maximum Gasteiger partial charge on any atom is 0.104 e. The minimum absolute atomic E-state index is 0. The van der Waals surface area contributed by atoms with Crippen LogP contribution in [0, 0.1) is 5.21 Å². The van der Waals surface area contributed by atoms with Gasteiger partial charge in [0.2, 0.25) is 0 Å². The van der Waals surface area contributed by atoms with Crippen molar-refractivity contribution in [3.05, 3.63) is 77.0 Å². The molecule has 0 aromatic heterocycles. The number of quaternary nitrogens is 1. The van der Waals surface area contributed by atoms with Crippen LogP contribution in [0.15, 0.2) is 60.7 Å². The number of nitrogens with zero attached hydrogens (tertiary/aromatic N) is 2. The zero-order valence-corrected chi connectivity index (χ0v) is 13.5. The summed E-state index contributed by atoms with van der Waals surface area (Å²) in [6.45, 7) is 4.67. The van der Waals surface area contributed by atoms with Crippen LogP contribution < -0.4 is 0 Å². The van der Waals surface area contributed by atoms with Gasteiger partial charge in [-0.25, -0.2) is 0 Å². The molecule has 0 spiro atoms. The van der Waals surface area contributed by atoms with Crippen LogP contribution in [0.1, 0.15) is 11.1 Å². The van der Waals surface area contributed by atoms with Crippen molar-refractivity contribution in [2.45, 2.75) is 13.1 Å². The fourth-order valence-corrected chi connectivity index (χ4v) is 2.94. The maximum absolute atomic E-state index is 12.8. The van der Waals surface area contributed by atoms with Crippen molar-refractivity contribution in [3.63, 3.8) is 0 Å². The first-order valence-corrected chi connectivity index (χ1v) is 7.61. The Kier molecular flexibility index (Phi) is 5.98. The Balaban J connectivity index is 0.00000176. The van der Waals surface area contributed by atoms with E-state index in [0.717, 1.165) is 25.2 Å². The molecule has 1 aliphatic rings. The first-order valence-electron chi connectivity index (χ1n) is 7.61. The first-order chi connectivity index (χ1) is 10.2. The molecule has 0 saturated carbocycles. The van der Waals surface area contributed by atoms with Crippen molar-refractivity contribution in [3.8, 4) is 0 Å². The highest BCUT2D eigenvalue weighted by Crippen LogP contribution is 2.18. The van der Waals surface area contributed by atoms with Crippen LogP contribution in [-0.2, 0) is 13.1 Å². The van der Waals surface area contributed by atoms with E-state index in [4.69, 9.17) is 0 Å². The Labute approximate surface area is 138 Å². The van der Waals surface area contributed by atoms with Crippen LogP contribution in [0.25, 0.3) is 0 Å². The number of piperazine rings is 1. The molecule has 1 aliphatic heterocycles. The molecule has 4 heteroatoms. The van der Waals surface area contributed by atoms with Crippen molar-refractivity contribution in [1.82, 2.24) is 4.90 Å². The number of benzene rings is 2. The summed E-state index contributed by atoms with van der Waals surface area (Å²) in [4.78, 5) is 2.38. The number of halogens is 1. The van der Waals surface area contributed by atoms with Gasteiger partial charge in [0, 0.05) is 25.2 Å². The molecule has 0 bridgehead atoms. The van der Waals surface area contributed by atoms with Gasteiger partial charge in [0.05, 0.1) is 13.1 Å². The molecule has 0 atom stereocenters. The normalized spacial score (nSPS) is 17.7. The standard InChI is InChI=1S/C18H22N2O.ClH/c21-20(16-18-9-5-2-6-10-18)13-11-19(12-14-20)15-17-7-3-1-4-8-17;/h1-10H,11-16H2;1H. The lowest BCUT2D eigenvalue weighted by molar-refractivity contribution is -0.898. The van der Waals surface area contributed by atoms with Gasteiger partial charge < -0.3 is 9.85 Å². The molecule has 1 fully saturated rings. The highest BCUT2D eigenvalue weighted by molar-refractivity contribution is 5.85. The van der Waals surface area contributed by atoms with Crippen molar-refractivity contribution in [2.75, 3.05) is 26.2 Å². The van der Waals surface area contributed by atoms with E-state index in [0.29, 0.717) is 19.6 Å². The Morgan fingerprint density at radius 1 is 0.818 bits per heavy atom. The van der Waals surface area contributed by atoms with Gasteiger partial charge in [-0.2, -0.15) is 0 Å². The second-order valence-corrected chi connectivity index (χ2v) is 5.91. The summed E-state index contributed by atoms with van der Waals surface area (Å²) in [6.07, 6.45) is 0. The summed E-state index contributed by atoms with van der Waals surface area (Å²) >= 11 is 0. The van der Waals surface area contributed by atoms with Crippen LogP contribution in [0.5, 0.6) is 0 Å². The Morgan fingerprint density at radius 3 is 1.86 bits per heavy atom. The van der Waals surface area contributed by atoms with E-state index < -0.39 is 0 Å². The number of hydrogen-bond acceptors (Lipinski definition) is 2. The average Bonchev–Trinajstić information content (AvgIpc) is 2.52. The molecule has 3 rings (SSSR count). The lowest BCUT2D eigenvalue weighted by atomic mass is 10.1. The molecule has 1 saturated heterocycles. The second-order valence-electron chi connectivity index (χ2n) is 5.91. The van der Waals surface area contributed by atoms with Crippen LogP contribution in [-0.4, -0.2) is 35.7 Å². The van der Waals surface area contributed by atoms with Gasteiger partial charge in [-0.15, -0.1) is 12.4 Å². The monoisotopic (exact) mass is 318 g/mol. The molecule has 0 amide bonds. The molecular formula is C18H23ClN2O. The molecule has 2 aromatic carbocycles. The summed E-state index contributed by atoms with van der Waals surface area (Å²) in [5.41, 5.74) is 2.47. The number of hydroxylamine groups is 3. The molecule has 0 N–H and O–H groups in total. The lowest BCUT2D eigenvalue weighted by Crippen LogP contribution is -2.55. The Hall–Kier alpha value is -1.39. The Morgan fingerprint density at radius 2 is 1.32 bits per heavy atom. The van der Waals surface area contributed by atoms with E-state index in [1.54, 1.807) is 0 Å². The van der Waals surface area contributed by atoms with E-state index in [-0.39, 0.29) is 17.1 Å². The average molecular weight is 319 g/mol. The zero-order valence-electron chi connectivity index (χ0n) is 12.7. The molecule has 2 aromatic rings. The molecule has 0 aliphatic carbocycles. The zero-order chi connectivity index (χ0) is 14.5. The smallest absolute Gasteiger partial charge is 0.104 e. The van der Waals surface area contributed by atoms with Crippen LogP contribution in [0.2, 0.25) is 0 Å².